The fraction of sp³-hybridized carbons (Fsp3) is 0.701. The fourth-order valence-corrected chi connectivity index (χ4v) is 15.5. The molecule has 1 saturated carbocycles. The van der Waals surface area contributed by atoms with E-state index < -0.39 is 223 Å². The molecular weight excluding hydrogens is 1540 g/mol. The predicted molar refractivity (Wildman–Crippen MR) is 413 cm³/mol. The van der Waals surface area contributed by atoms with Crippen molar-refractivity contribution < 1.29 is 135 Å². The number of methoxy groups -OCH3 is 3. The van der Waals surface area contributed by atoms with Gasteiger partial charge < -0.3 is 101 Å². The number of rotatable bonds is 35. The second kappa shape index (κ2) is 49.8. The number of carbonyl (C=O) groups is 15. The summed E-state index contributed by atoms with van der Waals surface area (Å²) in [5.74, 6) is -22.3. The average molecular weight is 1650 g/mol. The van der Waals surface area contributed by atoms with Gasteiger partial charge in [-0.1, -0.05) is 71.1 Å². The van der Waals surface area contributed by atoms with Crippen LogP contribution in [0.2, 0.25) is 0 Å². The van der Waals surface area contributed by atoms with Crippen molar-refractivity contribution in [3.05, 3.63) is 47.6 Å². The lowest BCUT2D eigenvalue weighted by Gasteiger charge is -2.42. The number of ketones is 3. The molecular formula is C77H117N7O28S2. The van der Waals surface area contributed by atoms with Gasteiger partial charge in [0.15, 0.2) is 18.0 Å². The Bertz CT molecular complexity index is 3450. The van der Waals surface area contributed by atoms with Gasteiger partial charge in [-0.05, 0) is 120 Å². The van der Waals surface area contributed by atoms with Crippen LogP contribution in [0, 0.1) is 35.5 Å². The van der Waals surface area contributed by atoms with Crippen molar-refractivity contribution in [3.63, 3.8) is 0 Å². The number of aliphatic hydroxyl groups is 1. The first-order valence-corrected chi connectivity index (χ1v) is 40.6. The highest BCUT2D eigenvalue weighted by atomic mass is 32.2. The first kappa shape index (κ1) is 98.4. The molecule has 0 radical (unpaired) electrons. The zero-order valence-electron chi connectivity index (χ0n) is 66.6. The Morgan fingerprint density at radius 3 is 1.84 bits per heavy atom. The van der Waals surface area contributed by atoms with Crippen LogP contribution in [0.4, 0.5) is 0 Å². The molecule has 3 heterocycles. The lowest BCUT2D eigenvalue weighted by Crippen LogP contribution is -2.61. The van der Waals surface area contributed by atoms with Gasteiger partial charge in [-0.3, -0.25) is 67.1 Å². The summed E-state index contributed by atoms with van der Waals surface area (Å²) in [6.07, 6.45) is 6.18. The highest BCUT2D eigenvalue weighted by molar-refractivity contribution is 8.00. The normalized spacial score (nSPS) is 28.8. The first-order chi connectivity index (χ1) is 53.8. The van der Waals surface area contributed by atoms with Crippen LogP contribution >= 0.6 is 23.5 Å². The van der Waals surface area contributed by atoms with E-state index in [0.29, 0.717) is 51.4 Å². The van der Waals surface area contributed by atoms with Gasteiger partial charge in [0.1, 0.15) is 61.8 Å². The Kier molecular flexibility index (Phi) is 43.0. The van der Waals surface area contributed by atoms with E-state index in [1.54, 1.807) is 45.9 Å². The molecule has 5 amide bonds. The number of carbonyl (C=O) groups excluding carboxylic acids is 11. The number of esters is 3. The molecule has 2 saturated heterocycles. The number of cyclic esters (lactones) is 1. The Hall–Kier alpha value is -8.01. The van der Waals surface area contributed by atoms with Crippen molar-refractivity contribution in [2.24, 2.45) is 47.0 Å². The summed E-state index contributed by atoms with van der Waals surface area (Å²) in [6.45, 7) is 10.00. The van der Waals surface area contributed by atoms with E-state index in [1.807, 2.05) is 26.0 Å². The number of fused-ring (bicyclic) bond motifs is 3. The molecule has 35 nitrogen and oxygen atoms in total. The summed E-state index contributed by atoms with van der Waals surface area (Å²) < 4.78 is 48.0. The number of amides is 5. The Labute approximate surface area is 672 Å². The van der Waals surface area contributed by atoms with Crippen molar-refractivity contribution in [1.82, 2.24) is 26.2 Å². The monoisotopic (exact) mass is 1650 g/mol. The largest absolute Gasteiger partial charge is 0.480 e. The van der Waals surface area contributed by atoms with Crippen molar-refractivity contribution in [2.45, 2.75) is 230 Å². The SMILES string of the molecule is CO[C@H]1C[C@@H]2CC[C@@H](C)[C@@](O)(O2)C(=O)C(=O)N2CCCC[C@H]2C(=O)O[C@H]([C@H](C)C[C@@H]2CC[C@@H](OCCOC(=O)CSC[C@H](NC(=O)CC[C@H](N)C(=O)O)C(=O)NCC(=O)O)[C@H](OC)C2)CC(=O)[C@H](C)/C=C(\C)[C@@H](OC(=O)CSC[C@H](NC(=O)CC[C@H](N)C(=O)O)C(=O)NCC(=O)O)[C@@H](OC)C(=O)[C@H](C)C[C@H](C)/C=C/C=C/C=C/1C. The number of ether oxygens (including phenoxy) is 8. The minimum absolute atomic E-state index is 0.0573. The van der Waals surface area contributed by atoms with Crippen molar-refractivity contribution in [3.8, 4) is 0 Å². The molecule has 0 unspecified atom stereocenters. The Balaban J connectivity index is 1.67. The van der Waals surface area contributed by atoms with Gasteiger partial charge in [0.05, 0.1) is 42.5 Å². The summed E-state index contributed by atoms with van der Waals surface area (Å²) in [7, 11) is 4.26. The Morgan fingerprint density at radius 2 is 1.28 bits per heavy atom. The van der Waals surface area contributed by atoms with Crippen LogP contribution in [0.25, 0.3) is 0 Å². The number of Topliss-reactive ketones (excluding diaryl/α,β-unsaturated/α-hetero) is 3. The number of allylic oxidation sites excluding steroid dienone is 6. The lowest BCUT2D eigenvalue weighted by atomic mass is 9.78. The van der Waals surface area contributed by atoms with Crippen LogP contribution in [0.3, 0.4) is 0 Å². The van der Waals surface area contributed by atoms with E-state index in [1.165, 1.54) is 34.3 Å². The third-order valence-electron chi connectivity index (χ3n) is 20.5. The fourth-order valence-electron chi connectivity index (χ4n) is 13.8. The van der Waals surface area contributed by atoms with Crippen molar-refractivity contribution in [1.29, 1.82) is 0 Å². The molecule has 640 valence electrons. The third kappa shape index (κ3) is 32.9. The van der Waals surface area contributed by atoms with Crippen LogP contribution in [-0.4, -0.2) is 275 Å². The van der Waals surface area contributed by atoms with Crippen molar-refractivity contribution >= 4 is 112 Å². The maximum Gasteiger partial charge on any atom is 0.329 e. The van der Waals surface area contributed by atoms with Crippen LogP contribution in [0.1, 0.15) is 151 Å². The van der Waals surface area contributed by atoms with Crippen LogP contribution < -0.4 is 32.7 Å². The van der Waals surface area contributed by atoms with E-state index in [-0.39, 0.29) is 93.0 Å². The smallest absolute Gasteiger partial charge is 0.329 e. The molecule has 4 aliphatic rings. The molecule has 0 aromatic rings. The van der Waals surface area contributed by atoms with E-state index in [9.17, 15) is 77.6 Å². The number of piperidine rings is 1. The predicted octanol–water partition coefficient (Wildman–Crippen LogP) is 2.52. The highest BCUT2D eigenvalue weighted by Gasteiger charge is 2.53. The number of nitrogens with one attached hydrogen (secondary N) is 4. The molecule has 37 heteroatoms. The molecule has 0 spiro atoms. The van der Waals surface area contributed by atoms with Crippen LogP contribution in [-0.2, 0) is 110 Å². The third-order valence-corrected chi connectivity index (χ3v) is 22.5. The number of thioether (sulfide) groups is 2. The standard InChI is InChI=1S/C77H117N7O28S2/c1-42-16-12-11-13-17-43(2)58(105-8)34-50-21-19-48(7)77(104,112-50)70(95)73(98)84-27-15-14-18-55(84)76(103)110-59(45(4)32-49-20-24-57(60(33-49)106-9)108-28-29-109-65(92)40-113-38-53(71(96)80-36-63(88)89)82-61(86)25-22-51(78)74(99)100)35-56(85)44(3)31-47(6)68(69(107-10)67(94)46(5)30-42)111-66(93)41-114-39-54(72(97)81-37-64(90)91)83-62(87)26-23-52(79)75(101)102/h11-13,16-17,31,42,44-46,48-55,57-60,68-69,104H,14-15,18-30,32-41,78-79H2,1-10H3,(H,80,96)(H,81,97)(H,82,86)(H,83,87)(H,88,89)(H,90,91)(H,99,100)(H,101,102)/b13-11+,16-12+,43-17+,47-31+/t42-,44-,45-,46-,48-,49+,50+,51+,52+,53+,54+,55+,57-,58+,59+,60-,68-,69+,77-/m1/s1. The molecule has 1 aliphatic carbocycles. The van der Waals surface area contributed by atoms with E-state index in [2.05, 4.69) is 21.3 Å². The molecule has 4 rings (SSSR count). The quantitative estimate of drug-likeness (QED) is 0.0143. The van der Waals surface area contributed by atoms with E-state index >= 15 is 9.59 Å². The number of nitrogens with zero attached hydrogens (tertiary/aromatic N) is 1. The van der Waals surface area contributed by atoms with Gasteiger partial charge in [-0.15, -0.1) is 23.5 Å². The van der Waals surface area contributed by atoms with Gasteiger partial charge >= 0.3 is 41.8 Å². The van der Waals surface area contributed by atoms with Gasteiger partial charge in [-0.2, -0.15) is 0 Å². The molecule has 3 aliphatic heterocycles. The van der Waals surface area contributed by atoms with Gasteiger partial charge in [-0.25, -0.2) is 4.79 Å². The topological polar surface area (TPSA) is 534 Å². The minimum atomic E-state index is -2.58. The summed E-state index contributed by atoms with van der Waals surface area (Å²) in [6, 6.07) is -6.84. The minimum Gasteiger partial charge on any atom is -0.480 e. The lowest BCUT2D eigenvalue weighted by molar-refractivity contribution is -0.265. The van der Waals surface area contributed by atoms with Crippen LogP contribution in [0.5, 0.6) is 0 Å². The van der Waals surface area contributed by atoms with Gasteiger partial charge in [0.2, 0.25) is 29.4 Å². The van der Waals surface area contributed by atoms with Crippen molar-refractivity contribution in [2.75, 3.05) is 77.2 Å². The molecule has 0 aromatic heterocycles. The zero-order chi connectivity index (χ0) is 85.1. The highest BCUT2D eigenvalue weighted by Crippen LogP contribution is 2.39. The van der Waals surface area contributed by atoms with Gasteiger partial charge in [0.25, 0.3) is 11.7 Å². The molecule has 13 N–H and O–H groups in total. The summed E-state index contributed by atoms with van der Waals surface area (Å²) in [5, 5.41) is 58.0. The number of aliphatic carboxylic acids is 4. The second-order valence-corrected chi connectivity index (χ2v) is 31.6. The maximum atomic E-state index is 15.0. The molecule has 19 atom stereocenters. The summed E-state index contributed by atoms with van der Waals surface area (Å²) in [4.78, 5) is 199. The molecule has 114 heavy (non-hydrogen) atoms. The van der Waals surface area contributed by atoms with E-state index in [0.717, 1.165) is 34.0 Å². The summed E-state index contributed by atoms with van der Waals surface area (Å²) in [5.41, 5.74) is 12.0. The van der Waals surface area contributed by atoms with Gasteiger partial charge in [0, 0.05) is 82.8 Å². The number of hydrogen-bond acceptors (Lipinski definition) is 28. The zero-order valence-corrected chi connectivity index (χ0v) is 68.2. The summed E-state index contributed by atoms with van der Waals surface area (Å²) >= 11 is 1.70. The first-order valence-electron chi connectivity index (χ1n) is 38.3. The van der Waals surface area contributed by atoms with E-state index in [4.69, 9.17) is 59.6 Å². The maximum absolute atomic E-state index is 15.0. The number of carboxylic acids is 4. The second-order valence-electron chi connectivity index (χ2n) is 29.6. The molecule has 0 aromatic carbocycles. The average Bonchev–Trinajstić information content (AvgIpc) is 0.772. The number of nitrogens with two attached hydrogens (primary N) is 2. The molecule has 3 fully saturated rings. The Morgan fingerprint density at radius 1 is 0.684 bits per heavy atom. The number of carboxylic acid groups (broad SMARTS) is 4. The molecule has 2 bridgehead atoms. The van der Waals surface area contributed by atoms with Crippen LogP contribution in [0.15, 0.2) is 47.6 Å². The number of hydrogen-bond donors (Lipinski definition) is 11.